The Hall–Kier alpha value is -1.50. The second-order valence-corrected chi connectivity index (χ2v) is 4.70. The highest BCUT2D eigenvalue weighted by Gasteiger charge is 2.33. The fourth-order valence-electron chi connectivity index (χ4n) is 1.97. The van der Waals surface area contributed by atoms with E-state index in [1.807, 2.05) is 0 Å². The van der Waals surface area contributed by atoms with Crippen LogP contribution in [0.4, 0.5) is 19.0 Å². The standard InChI is InChI=1S/C11H10ClF3N2O2/c12-8-3-7(11(13,14)15)4-16-9(8)17-2-1-6(5-17)10(18)19/h3-4,6H,1-2,5H2,(H,18,19). The first kappa shape index (κ1) is 13.9. The maximum absolute atomic E-state index is 12.5. The van der Waals surface area contributed by atoms with Gasteiger partial charge in [0.05, 0.1) is 16.5 Å². The molecule has 0 spiro atoms. The molecule has 8 heteroatoms. The minimum atomic E-state index is -4.50. The minimum absolute atomic E-state index is 0.124. The summed E-state index contributed by atoms with van der Waals surface area (Å²) >= 11 is 5.79. The Bertz CT molecular complexity index is 507. The quantitative estimate of drug-likeness (QED) is 0.911. The molecule has 4 nitrogen and oxygen atoms in total. The van der Waals surface area contributed by atoms with Crippen LogP contribution in [-0.4, -0.2) is 29.1 Å². The largest absolute Gasteiger partial charge is 0.481 e. The van der Waals surface area contributed by atoms with Crippen LogP contribution in [0.15, 0.2) is 12.3 Å². The van der Waals surface area contributed by atoms with E-state index in [4.69, 9.17) is 16.7 Å². The second-order valence-electron chi connectivity index (χ2n) is 4.30. The zero-order valence-electron chi connectivity index (χ0n) is 9.62. The van der Waals surface area contributed by atoms with Gasteiger partial charge in [-0.25, -0.2) is 4.98 Å². The molecule has 2 rings (SSSR count). The van der Waals surface area contributed by atoms with Gasteiger partial charge in [0.15, 0.2) is 0 Å². The Kier molecular flexibility index (Phi) is 3.58. The Morgan fingerprint density at radius 2 is 2.21 bits per heavy atom. The number of hydrogen-bond acceptors (Lipinski definition) is 3. The van der Waals surface area contributed by atoms with Gasteiger partial charge in [-0.05, 0) is 12.5 Å². The molecule has 0 radical (unpaired) electrons. The van der Waals surface area contributed by atoms with Crippen molar-refractivity contribution in [1.29, 1.82) is 0 Å². The Labute approximate surface area is 111 Å². The number of aliphatic carboxylic acids is 1. The number of hydrogen-bond donors (Lipinski definition) is 1. The normalized spacial score (nSPS) is 19.8. The molecule has 2 heterocycles. The van der Waals surface area contributed by atoms with Crippen LogP contribution in [0, 0.1) is 5.92 Å². The molecule has 0 saturated carbocycles. The van der Waals surface area contributed by atoms with Crippen molar-refractivity contribution in [3.8, 4) is 0 Å². The zero-order chi connectivity index (χ0) is 14.2. The van der Waals surface area contributed by atoms with Crippen molar-refractivity contribution >= 4 is 23.4 Å². The Balaban J connectivity index is 2.21. The Morgan fingerprint density at radius 3 is 2.68 bits per heavy atom. The summed E-state index contributed by atoms with van der Waals surface area (Å²) in [7, 11) is 0. The number of carboxylic acid groups (broad SMARTS) is 1. The molecule has 0 aromatic carbocycles. The third-order valence-electron chi connectivity index (χ3n) is 2.99. The SMILES string of the molecule is O=C(O)C1CCN(c2ncc(C(F)(F)F)cc2Cl)C1. The molecule has 19 heavy (non-hydrogen) atoms. The molecular weight excluding hydrogens is 285 g/mol. The molecule has 1 atom stereocenters. The number of rotatable bonds is 2. The predicted octanol–water partition coefficient (Wildman–Crippen LogP) is 2.66. The Morgan fingerprint density at radius 1 is 1.53 bits per heavy atom. The third-order valence-corrected chi connectivity index (χ3v) is 3.26. The van der Waals surface area contributed by atoms with Gasteiger partial charge in [-0.1, -0.05) is 11.6 Å². The molecule has 1 unspecified atom stereocenters. The molecule has 1 saturated heterocycles. The number of anilines is 1. The zero-order valence-corrected chi connectivity index (χ0v) is 10.4. The van der Waals surface area contributed by atoms with E-state index in [0.717, 1.165) is 6.07 Å². The molecule has 0 bridgehead atoms. The smallest absolute Gasteiger partial charge is 0.417 e. The van der Waals surface area contributed by atoms with Crippen molar-refractivity contribution in [3.63, 3.8) is 0 Å². The lowest BCUT2D eigenvalue weighted by Gasteiger charge is -2.19. The van der Waals surface area contributed by atoms with E-state index in [1.54, 1.807) is 4.90 Å². The van der Waals surface area contributed by atoms with E-state index in [0.29, 0.717) is 19.2 Å². The lowest BCUT2D eigenvalue weighted by atomic mass is 10.1. The summed E-state index contributed by atoms with van der Waals surface area (Å²) in [6, 6.07) is 0.804. The van der Waals surface area contributed by atoms with Gasteiger partial charge in [0.1, 0.15) is 5.82 Å². The van der Waals surface area contributed by atoms with Crippen LogP contribution in [0.1, 0.15) is 12.0 Å². The number of carbonyl (C=O) groups is 1. The van der Waals surface area contributed by atoms with E-state index in [-0.39, 0.29) is 17.4 Å². The summed E-state index contributed by atoms with van der Waals surface area (Å²) in [6.07, 6.45) is -3.37. The molecule has 1 aromatic heterocycles. The third kappa shape index (κ3) is 2.91. The number of halogens is 4. The van der Waals surface area contributed by atoms with E-state index in [1.165, 1.54) is 0 Å². The van der Waals surface area contributed by atoms with Gasteiger partial charge in [-0.15, -0.1) is 0 Å². The van der Waals surface area contributed by atoms with Crippen LogP contribution in [0.5, 0.6) is 0 Å². The lowest BCUT2D eigenvalue weighted by molar-refractivity contribution is -0.141. The molecule has 0 amide bonds. The molecule has 1 fully saturated rings. The number of pyridine rings is 1. The number of nitrogens with zero attached hydrogens (tertiary/aromatic N) is 2. The van der Waals surface area contributed by atoms with E-state index < -0.39 is 23.6 Å². The first-order valence-corrected chi connectivity index (χ1v) is 5.87. The van der Waals surface area contributed by atoms with Gasteiger partial charge in [0, 0.05) is 19.3 Å². The van der Waals surface area contributed by atoms with Crippen molar-refractivity contribution in [2.75, 3.05) is 18.0 Å². The molecule has 1 N–H and O–H groups in total. The van der Waals surface area contributed by atoms with E-state index >= 15 is 0 Å². The highest BCUT2D eigenvalue weighted by atomic mass is 35.5. The van der Waals surface area contributed by atoms with Crippen molar-refractivity contribution < 1.29 is 23.1 Å². The van der Waals surface area contributed by atoms with Gasteiger partial charge >= 0.3 is 12.1 Å². The fourth-order valence-corrected chi connectivity index (χ4v) is 2.26. The topological polar surface area (TPSA) is 53.4 Å². The minimum Gasteiger partial charge on any atom is -0.481 e. The predicted molar refractivity (Wildman–Crippen MR) is 62.2 cm³/mol. The molecule has 0 aliphatic carbocycles. The summed E-state index contributed by atoms with van der Waals surface area (Å²) in [5.74, 6) is -1.27. The number of aromatic nitrogens is 1. The summed E-state index contributed by atoms with van der Waals surface area (Å²) < 4.78 is 37.4. The van der Waals surface area contributed by atoms with Gasteiger partial charge < -0.3 is 10.0 Å². The second kappa shape index (κ2) is 4.88. The number of alkyl halides is 3. The van der Waals surface area contributed by atoms with Crippen LogP contribution in [0.25, 0.3) is 0 Å². The van der Waals surface area contributed by atoms with Gasteiger partial charge in [0.25, 0.3) is 0 Å². The van der Waals surface area contributed by atoms with E-state index in [2.05, 4.69) is 4.98 Å². The van der Waals surface area contributed by atoms with Crippen molar-refractivity contribution in [3.05, 3.63) is 22.8 Å². The van der Waals surface area contributed by atoms with Crippen molar-refractivity contribution in [2.45, 2.75) is 12.6 Å². The molecule has 1 aromatic rings. The molecular formula is C11H10ClF3N2O2. The molecule has 1 aliphatic heterocycles. The van der Waals surface area contributed by atoms with Crippen LogP contribution >= 0.6 is 11.6 Å². The summed E-state index contributed by atoms with van der Waals surface area (Å²) in [5, 5.41) is 8.74. The summed E-state index contributed by atoms with van der Waals surface area (Å²) in [6.45, 7) is 0.614. The van der Waals surface area contributed by atoms with Crippen LogP contribution < -0.4 is 4.90 Å². The van der Waals surface area contributed by atoms with Crippen molar-refractivity contribution in [2.24, 2.45) is 5.92 Å². The van der Waals surface area contributed by atoms with Crippen LogP contribution in [0.3, 0.4) is 0 Å². The summed E-state index contributed by atoms with van der Waals surface area (Å²) in [4.78, 5) is 16.1. The summed E-state index contributed by atoms with van der Waals surface area (Å²) in [5.41, 5.74) is -0.921. The highest BCUT2D eigenvalue weighted by molar-refractivity contribution is 6.33. The van der Waals surface area contributed by atoms with Gasteiger partial charge in [-0.3, -0.25) is 4.79 Å². The van der Waals surface area contributed by atoms with Gasteiger partial charge in [-0.2, -0.15) is 13.2 Å². The van der Waals surface area contributed by atoms with Crippen LogP contribution in [-0.2, 0) is 11.0 Å². The molecule has 104 valence electrons. The van der Waals surface area contributed by atoms with Crippen LogP contribution in [0.2, 0.25) is 5.02 Å². The van der Waals surface area contributed by atoms with E-state index in [9.17, 15) is 18.0 Å². The highest BCUT2D eigenvalue weighted by Crippen LogP contribution is 2.34. The lowest BCUT2D eigenvalue weighted by Crippen LogP contribution is -2.24. The average molecular weight is 295 g/mol. The maximum Gasteiger partial charge on any atom is 0.417 e. The average Bonchev–Trinajstić information content (AvgIpc) is 2.76. The first-order chi connectivity index (χ1) is 8.79. The van der Waals surface area contributed by atoms with Gasteiger partial charge in [0.2, 0.25) is 0 Å². The fraction of sp³-hybridized carbons (Fsp3) is 0.455. The molecule has 1 aliphatic rings. The monoisotopic (exact) mass is 294 g/mol. The first-order valence-electron chi connectivity index (χ1n) is 5.49. The maximum atomic E-state index is 12.5. The van der Waals surface area contributed by atoms with Crippen molar-refractivity contribution in [1.82, 2.24) is 4.98 Å². The number of carboxylic acids is 1.